The molecular formula is C27H28Cl2N4O3S2. The number of rotatable bonds is 6. The molecule has 1 aromatic carbocycles. The number of carbonyl (C=O) groups is 2. The molecule has 200 valence electrons. The van der Waals surface area contributed by atoms with Crippen LogP contribution in [-0.2, 0) is 0 Å². The minimum atomic E-state index is -0.458. The van der Waals surface area contributed by atoms with Crippen LogP contribution in [0.2, 0.25) is 10.0 Å². The summed E-state index contributed by atoms with van der Waals surface area (Å²) in [6.45, 7) is 5.43. The Morgan fingerprint density at radius 1 is 1.03 bits per heavy atom. The summed E-state index contributed by atoms with van der Waals surface area (Å²) in [6.07, 6.45) is 4.46. The molecule has 0 spiro atoms. The lowest BCUT2D eigenvalue weighted by molar-refractivity contribution is 0.0645. The number of nitrogens with one attached hydrogen (secondary N) is 1. The lowest BCUT2D eigenvalue weighted by atomic mass is 10.0. The predicted molar refractivity (Wildman–Crippen MR) is 155 cm³/mol. The first-order chi connectivity index (χ1) is 18.3. The molecule has 2 saturated heterocycles. The SMILES string of the molecule is CC(=NNC(=O)c1ccsc1C(=O)N1CCC(N2CCCC2)CC1)c1csc(-c2ccc(Cl)c(Cl)c2)c1O. The van der Waals surface area contributed by atoms with Gasteiger partial charge >= 0.3 is 0 Å². The first-order valence-electron chi connectivity index (χ1n) is 12.5. The summed E-state index contributed by atoms with van der Waals surface area (Å²) in [5.74, 6) is -0.514. The third-order valence-corrected chi connectivity index (χ3v) is 9.83. The number of carbonyl (C=O) groups excluding carboxylic acids is 2. The van der Waals surface area contributed by atoms with E-state index in [-0.39, 0.29) is 11.7 Å². The highest BCUT2D eigenvalue weighted by atomic mass is 35.5. The Morgan fingerprint density at radius 2 is 1.76 bits per heavy atom. The monoisotopic (exact) mass is 590 g/mol. The van der Waals surface area contributed by atoms with Crippen molar-refractivity contribution in [3.05, 3.63) is 61.1 Å². The summed E-state index contributed by atoms with van der Waals surface area (Å²) in [5.41, 5.74) is 4.53. The molecule has 38 heavy (non-hydrogen) atoms. The van der Waals surface area contributed by atoms with Gasteiger partial charge in [-0.15, -0.1) is 22.7 Å². The van der Waals surface area contributed by atoms with Crippen LogP contribution in [0.25, 0.3) is 10.4 Å². The Labute approximate surface area is 239 Å². The molecule has 2 aliphatic heterocycles. The highest BCUT2D eigenvalue weighted by molar-refractivity contribution is 7.14. The van der Waals surface area contributed by atoms with Crippen molar-refractivity contribution in [2.24, 2.45) is 5.10 Å². The van der Waals surface area contributed by atoms with Gasteiger partial charge in [-0.2, -0.15) is 5.10 Å². The summed E-state index contributed by atoms with van der Waals surface area (Å²) < 4.78 is 0. The van der Waals surface area contributed by atoms with Gasteiger partial charge in [-0.25, -0.2) is 5.43 Å². The number of benzene rings is 1. The Morgan fingerprint density at radius 3 is 2.47 bits per heavy atom. The van der Waals surface area contributed by atoms with E-state index in [1.807, 2.05) is 4.90 Å². The molecule has 2 aromatic heterocycles. The number of hydrazone groups is 1. The van der Waals surface area contributed by atoms with E-state index in [1.54, 1.807) is 41.9 Å². The van der Waals surface area contributed by atoms with Crippen LogP contribution in [0, 0.1) is 0 Å². The normalized spacial score (nSPS) is 17.2. The molecule has 0 aliphatic carbocycles. The maximum Gasteiger partial charge on any atom is 0.273 e. The van der Waals surface area contributed by atoms with E-state index in [4.69, 9.17) is 23.2 Å². The van der Waals surface area contributed by atoms with E-state index in [1.165, 1.54) is 35.5 Å². The van der Waals surface area contributed by atoms with E-state index in [9.17, 15) is 14.7 Å². The molecule has 3 aromatic rings. The largest absolute Gasteiger partial charge is 0.506 e. The van der Waals surface area contributed by atoms with Crippen molar-refractivity contribution in [3.8, 4) is 16.2 Å². The zero-order valence-corrected chi connectivity index (χ0v) is 24.0. The molecule has 0 radical (unpaired) electrons. The van der Waals surface area contributed by atoms with Crippen LogP contribution in [0.4, 0.5) is 0 Å². The molecule has 7 nitrogen and oxygen atoms in total. The molecule has 0 saturated carbocycles. The average Bonchev–Trinajstić information content (AvgIpc) is 3.70. The lowest BCUT2D eigenvalue weighted by Gasteiger charge is -2.36. The van der Waals surface area contributed by atoms with Crippen molar-refractivity contribution in [1.82, 2.24) is 15.2 Å². The second kappa shape index (κ2) is 11.8. The van der Waals surface area contributed by atoms with Gasteiger partial charge in [0.25, 0.3) is 11.8 Å². The first kappa shape index (κ1) is 27.1. The van der Waals surface area contributed by atoms with Crippen molar-refractivity contribution in [2.45, 2.75) is 38.6 Å². The molecule has 0 atom stereocenters. The van der Waals surface area contributed by atoms with Crippen molar-refractivity contribution in [2.75, 3.05) is 26.2 Å². The fourth-order valence-electron chi connectivity index (χ4n) is 5.04. The summed E-state index contributed by atoms with van der Waals surface area (Å²) in [4.78, 5) is 31.7. The highest BCUT2D eigenvalue weighted by Crippen LogP contribution is 2.40. The fraction of sp³-hybridized carbons (Fsp3) is 0.370. The van der Waals surface area contributed by atoms with Crippen molar-refractivity contribution >= 4 is 63.4 Å². The van der Waals surface area contributed by atoms with Gasteiger partial charge < -0.3 is 14.9 Å². The predicted octanol–water partition coefficient (Wildman–Crippen LogP) is 6.34. The summed E-state index contributed by atoms with van der Waals surface area (Å²) in [6, 6.07) is 7.35. The second-order valence-corrected chi connectivity index (χ2v) is 12.1. The standard InChI is InChI=1S/C27H28Cl2N4O3S2/c1-16(20-15-38-24(23(20)34)17-4-5-21(28)22(29)14-17)30-31-26(35)19-8-13-37-25(19)27(36)33-11-6-18(7-12-33)32-9-2-3-10-32/h4-5,8,13-15,18,34H,2-3,6-7,9-12H2,1H3,(H,31,35). The quantitative estimate of drug-likeness (QED) is 0.259. The van der Waals surface area contributed by atoms with E-state index >= 15 is 0 Å². The van der Waals surface area contributed by atoms with Gasteiger partial charge in [0.05, 0.1) is 31.8 Å². The summed E-state index contributed by atoms with van der Waals surface area (Å²) >= 11 is 14.7. The number of hydrogen-bond donors (Lipinski definition) is 2. The zero-order valence-electron chi connectivity index (χ0n) is 20.9. The van der Waals surface area contributed by atoms with Crippen LogP contribution >= 0.6 is 45.9 Å². The van der Waals surface area contributed by atoms with Crippen molar-refractivity contribution < 1.29 is 14.7 Å². The molecule has 0 unspecified atom stereocenters. The topological polar surface area (TPSA) is 85.2 Å². The van der Waals surface area contributed by atoms with Crippen LogP contribution in [0.5, 0.6) is 5.75 Å². The minimum Gasteiger partial charge on any atom is -0.506 e. The number of aromatic hydroxyl groups is 1. The van der Waals surface area contributed by atoms with Crippen molar-refractivity contribution in [3.63, 3.8) is 0 Å². The van der Waals surface area contributed by atoms with E-state index in [0.717, 1.165) is 31.5 Å². The Bertz CT molecular complexity index is 1370. The molecular weight excluding hydrogens is 563 g/mol. The van der Waals surface area contributed by atoms with E-state index in [2.05, 4.69) is 15.4 Å². The van der Waals surface area contributed by atoms with Gasteiger partial charge in [-0.3, -0.25) is 9.59 Å². The molecule has 2 N–H and O–H groups in total. The highest BCUT2D eigenvalue weighted by Gasteiger charge is 2.30. The number of hydrogen-bond acceptors (Lipinski definition) is 7. The number of nitrogens with zero attached hydrogens (tertiary/aromatic N) is 3. The minimum absolute atomic E-state index is 0.0487. The van der Waals surface area contributed by atoms with Crippen LogP contribution in [0.15, 0.2) is 40.1 Å². The molecule has 11 heteroatoms. The summed E-state index contributed by atoms with van der Waals surface area (Å²) in [7, 11) is 0. The first-order valence-corrected chi connectivity index (χ1v) is 15.1. The molecule has 0 bridgehead atoms. The fourth-order valence-corrected chi connectivity index (χ4v) is 7.20. The second-order valence-electron chi connectivity index (χ2n) is 9.52. The molecule has 2 amide bonds. The van der Waals surface area contributed by atoms with Gasteiger partial charge in [0.2, 0.25) is 0 Å². The van der Waals surface area contributed by atoms with Crippen LogP contribution in [0.1, 0.15) is 58.2 Å². The van der Waals surface area contributed by atoms with Crippen LogP contribution < -0.4 is 5.43 Å². The Hall–Kier alpha value is -2.43. The zero-order chi connectivity index (χ0) is 26.8. The van der Waals surface area contributed by atoms with E-state index in [0.29, 0.717) is 55.8 Å². The maximum atomic E-state index is 13.3. The molecule has 2 fully saturated rings. The average molecular weight is 592 g/mol. The number of likely N-dealkylation sites (tertiary alicyclic amines) is 2. The van der Waals surface area contributed by atoms with Gasteiger partial charge in [0.1, 0.15) is 10.6 Å². The van der Waals surface area contributed by atoms with Gasteiger partial charge in [-0.05, 0) is 74.8 Å². The van der Waals surface area contributed by atoms with Gasteiger partial charge in [-0.1, -0.05) is 29.3 Å². The number of halogens is 2. The number of thiophene rings is 2. The number of amides is 2. The number of piperidine rings is 1. The maximum absolute atomic E-state index is 13.3. The van der Waals surface area contributed by atoms with E-state index < -0.39 is 5.91 Å². The lowest BCUT2D eigenvalue weighted by Crippen LogP contribution is -2.46. The summed E-state index contributed by atoms with van der Waals surface area (Å²) in [5, 5.41) is 19.4. The Balaban J connectivity index is 1.24. The van der Waals surface area contributed by atoms with Gasteiger partial charge in [0, 0.05) is 24.5 Å². The smallest absolute Gasteiger partial charge is 0.273 e. The Kier molecular flexibility index (Phi) is 8.40. The molecule has 2 aliphatic rings. The van der Waals surface area contributed by atoms with Crippen LogP contribution in [0.3, 0.4) is 0 Å². The third-order valence-electron chi connectivity index (χ3n) is 7.17. The molecule has 4 heterocycles. The van der Waals surface area contributed by atoms with Gasteiger partial charge in [0.15, 0.2) is 0 Å². The van der Waals surface area contributed by atoms with Crippen LogP contribution in [-0.4, -0.2) is 64.7 Å². The van der Waals surface area contributed by atoms with Crippen molar-refractivity contribution in [1.29, 1.82) is 0 Å². The third kappa shape index (κ3) is 5.62. The molecule has 5 rings (SSSR count).